The van der Waals surface area contributed by atoms with Gasteiger partial charge in [0.05, 0.1) is 0 Å². The number of anilines is 1. The Labute approximate surface area is 174 Å². The van der Waals surface area contributed by atoms with Gasteiger partial charge in [-0.2, -0.15) is 0 Å². The third-order valence-corrected chi connectivity index (χ3v) is 5.07. The van der Waals surface area contributed by atoms with Crippen molar-refractivity contribution in [3.05, 3.63) is 72.3 Å². The van der Waals surface area contributed by atoms with Gasteiger partial charge < -0.3 is 9.32 Å². The molecule has 1 fully saturated rings. The van der Waals surface area contributed by atoms with Crippen LogP contribution in [0, 0.1) is 5.92 Å². The number of amides is 2. The second-order valence-electron chi connectivity index (χ2n) is 7.11. The summed E-state index contributed by atoms with van der Waals surface area (Å²) in [6.45, 7) is 1.07. The van der Waals surface area contributed by atoms with E-state index in [1.165, 1.54) is 0 Å². The van der Waals surface area contributed by atoms with E-state index in [4.69, 9.17) is 4.42 Å². The second kappa shape index (κ2) is 9.17. The van der Waals surface area contributed by atoms with Gasteiger partial charge in [-0.15, -0.1) is 5.10 Å². The zero-order valence-electron chi connectivity index (χ0n) is 16.4. The molecular weight excluding hydrogens is 380 g/mol. The number of carbonyl (C=O) groups excluding carboxylic acids is 2. The topological polar surface area (TPSA) is 88.3 Å². The Kier molecular flexibility index (Phi) is 5.98. The van der Waals surface area contributed by atoms with E-state index in [1.54, 1.807) is 17.1 Å². The Hall–Kier alpha value is -3.74. The van der Waals surface area contributed by atoms with Crippen LogP contribution in [0.5, 0.6) is 0 Å². The van der Waals surface area contributed by atoms with Crippen molar-refractivity contribution in [3.8, 4) is 11.5 Å². The van der Waals surface area contributed by atoms with Crippen molar-refractivity contribution in [3.63, 3.8) is 0 Å². The lowest BCUT2D eigenvalue weighted by molar-refractivity contribution is -0.130. The molecule has 0 saturated carbocycles. The van der Waals surface area contributed by atoms with E-state index in [-0.39, 0.29) is 23.7 Å². The summed E-state index contributed by atoms with van der Waals surface area (Å²) in [4.78, 5) is 26.7. The average Bonchev–Trinajstić information content (AvgIpc) is 3.27. The van der Waals surface area contributed by atoms with Gasteiger partial charge in [0, 0.05) is 30.6 Å². The molecule has 2 amide bonds. The maximum atomic E-state index is 12.5. The Morgan fingerprint density at radius 1 is 0.967 bits per heavy atom. The quantitative estimate of drug-likeness (QED) is 0.659. The van der Waals surface area contributed by atoms with Gasteiger partial charge in [0.2, 0.25) is 17.7 Å². The first-order valence-corrected chi connectivity index (χ1v) is 9.91. The summed E-state index contributed by atoms with van der Waals surface area (Å²) < 4.78 is 5.54. The van der Waals surface area contributed by atoms with Crippen LogP contribution in [0.3, 0.4) is 0 Å². The van der Waals surface area contributed by atoms with Crippen molar-refractivity contribution in [2.24, 2.45) is 5.92 Å². The van der Waals surface area contributed by atoms with E-state index < -0.39 is 0 Å². The predicted octanol–water partition coefficient (Wildman–Crippen LogP) is 3.63. The highest BCUT2D eigenvalue weighted by Gasteiger charge is 2.27. The number of rotatable bonds is 5. The fourth-order valence-electron chi connectivity index (χ4n) is 3.38. The van der Waals surface area contributed by atoms with Crippen molar-refractivity contribution >= 4 is 23.9 Å². The van der Waals surface area contributed by atoms with Crippen LogP contribution in [0.4, 0.5) is 6.01 Å². The van der Waals surface area contributed by atoms with E-state index in [0.29, 0.717) is 31.8 Å². The molecule has 1 aliphatic rings. The van der Waals surface area contributed by atoms with Gasteiger partial charge in [-0.3, -0.25) is 14.9 Å². The summed E-state index contributed by atoms with van der Waals surface area (Å²) in [6, 6.07) is 19.1. The predicted molar refractivity (Wildman–Crippen MR) is 113 cm³/mol. The number of piperidine rings is 1. The van der Waals surface area contributed by atoms with Crippen molar-refractivity contribution < 1.29 is 14.0 Å². The molecule has 7 heteroatoms. The Bertz CT molecular complexity index is 1020. The highest BCUT2D eigenvalue weighted by Crippen LogP contribution is 2.22. The zero-order chi connectivity index (χ0) is 20.8. The van der Waals surface area contributed by atoms with Crippen molar-refractivity contribution in [1.29, 1.82) is 0 Å². The molecule has 0 atom stereocenters. The lowest BCUT2D eigenvalue weighted by Crippen LogP contribution is -2.40. The van der Waals surface area contributed by atoms with E-state index in [9.17, 15) is 9.59 Å². The van der Waals surface area contributed by atoms with Crippen LogP contribution in [0.2, 0.25) is 0 Å². The fourth-order valence-corrected chi connectivity index (χ4v) is 3.38. The third kappa shape index (κ3) is 4.81. The molecule has 30 heavy (non-hydrogen) atoms. The van der Waals surface area contributed by atoms with Crippen LogP contribution < -0.4 is 5.32 Å². The number of carbonyl (C=O) groups is 2. The highest BCUT2D eigenvalue weighted by atomic mass is 16.4. The third-order valence-electron chi connectivity index (χ3n) is 5.07. The first kappa shape index (κ1) is 19.6. The molecule has 7 nitrogen and oxygen atoms in total. The largest absolute Gasteiger partial charge is 0.403 e. The van der Waals surface area contributed by atoms with Crippen molar-refractivity contribution in [1.82, 2.24) is 15.1 Å². The first-order chi connectivity index (χ1) is 14.7. The molecule has 0 aliphatic carbocycles. The van der Waals surface area contributed by atoms with Crippen LogP contribution in [0.15, 0.2) is 71.2 Å². The van der Waals surface area contributed by atoms with E-state index >= 15 is 0 Å². The summed E-state index contributed by atoms with van der Waals surface area (Å²) in [5.74, 6) is -0.0388. The standard InChI is InChI=1S/C23H22N4O3/c28-20(12-11-17-7-3-1-4-8-17)27-15-13-18(14-16-27)21(29)24-23-26-25-22(30-23)19-9-5-2-6-10-19/h1-12,18H,13-16H2,(H,24,26,29)/b12-11+. The number of aromatic nitrogens is 2. The Morgan fingerprint density at radius 3 is 2.33 bits per heavy atom. The van der Waals surface area contributed by atoms with Crippen LogP contribution in [-0.2, 0) is 9.59 Å². The minimum atomic E-state index is -0.195. The molecule has 1 saturated heterocycles. The van der Waals surface area contributed by atoms with Gasteiger partial charge in [-0.1, -0.05) is 53.6 Å². The molecule has 1 aliphatic heterocycles. The molecule has 152 valence electrons. The Balaban J connectivity index is 1.28. The Morgan fingerprint density at radius 2 is 1.63 bits per heavy atom. The normalized spacial score (nSPS) is 14.7. The maximum Gasteiger partial charge on any atom is 0.322 e. The summed E-state index contributed by atoms with van der Waals surface area (Å²) in [5, 5.41) is 10.6. The smallest absolute Gasteiger partial charge is 0.322 e. The summed E-state index contributed by atoms with van der Waals surface area (Å²) >= 11 is 0. The van der Waals surface area contributed by atoms with Crippen LogP contribution in [0.1, 0.15) is 18.4 Å². The number of hydrogen-bond acceptors (Lipinski definition) is 5. The van der Waals surface area contributed by atoms with Gasteiger partial charge >= 0.3 is 6.01 Å². The molecule has 2 aromatic carbocycles. The van der Waals surface area contributed by atoms with Crippen molar-refractivity contribution in [2.45, 2.75) is 12.8 Å². The first-order valence-electron chi connectivity index (χ1n) is 9.91. The van der Waals surface area contributed by atoms with E-state index in [2.05, 4.69) is 15.5 Å². The summed E-state index contributed by atoms with van der Waals surface area (Å²) in [5.41, 5.74) is 1.77. The molecule has 4 rings (SSSR count). The summed E-state index contributed by atoms with van der Waals surface area (Å²) in [7, 11) is 0. The molecule has 2 heterocycles. The van der Waals surface area contributed by atoms with Crippen molar-refractivity contribution in [2.75, 3.05) is 18.4 Å². The molecule has 1 N–H and O–H groups in total. The monoisotopic (exact) mass is 402 g/mol. The number of benzene rings is 2. The van der Waals surface area contributed by atoms with Gasteiger partial charge in [0.25, 0.3) is 0 Å². The van der Waals surface area contributed by atoms with E-state index in [1.807, 2.05) is 60.7 Å². The van der Waals surface area contributed by atoms with Gasteiger partial charge in [-0.25, -0.2) is 0 Å². The number of hydrogen-bond donors (Lipinski definition) is 1. The van der Waals surface area contributed by atoms with Gasteiger partial charge in [-0.05, 0) is 36.6 Å². The molecule has 0 unspecified atom stereocenters. The second-order valence-corrected chi connectivity index (χ2v) is 7.11. The molecule has 0 bridgehead atoms. The van der Waals surface area contributed by atoms with Gasteiger partial charge in [0.15, 0.2) is 0 Å². The SMILES string of the molecule is O=C(Nc1nnc(-c2ccccc2)o1)C1CCN(C(=O)/C=C/c2ccccc2)CC1. The molecule has 3 aromatic rings. The van der Waals surface area contributed by atoms with Gasteiger partial charge in [0.1, 0.15) is 0 Å². The zero-order valence-corrected chi connectivity index (χ0v) is 16.4. The number of nitrogens with zero attached hydrogens (tertiary/aromatic N) is 3. The molecule has 0 radical (unpaired) electrons. The molecule has 1 aromatic heterocycles. The average molecular weight is 402 g/mol. The highest BCUT2D eigenvalue weighted by molar-refractivity contribution is 5.93. The van der Waals surface area contributed by atoms with Crippen LogP contribution in [0.25, 0.3) is 17.5 Å². The fraction of sp³-hybridized carbons (Fsp3) is 0.217. The number of likely N-dealkylation sites (tertiary alicyclic amines) is 1. The van der Waals surface area contributed by atoms with Crippen LogP contribution in [-0.4, -0.2) is 40.0 Å². The number of nitrogens with one attached hydrogen (secondary N) is 1. The minimum absolute atomic E-state index is 0.0397. The molecule has 0 spiro atoms. The summed E-state index contributed by atoms with van der Waals surface area (Å²) in [6.07, 6.45) is 4.58. The minimum Gasteiger partial charge on any atom is -0.403 e. The lowest BCUT2D eigenvalue weighted by Gasteiger charge is -2.30. The van der Waals surface area contributed by atoms with E-state index in [0.717, 1.165) is 11.1 Å². The molecular formula is C23H22N4O3. The lowest BCUT2D eigenvalue weighted by atomic mass is 9.96. The van der Waals surface area contributed by atoms with Crippen LogP contribution >= 0.6 is 0 Å². The maximum absolute atomic E-state index is 12.5.